The van der Waals surface area contributed by atoms with Crippen LogP contribution in [0.3, 0.4) is 0 Å². The van der Waals surface area contributed by atoms with Gasteiger partial charge in [0.25, 0.3) is 0 Å². The molecule has 1 aliphatic heterocycles. The second kappa shape index (κ2) is 6.72. The zero-order chi connectivity index (χ0) is 13.1. The van der Waals surface area contributed by atoms with Crippen molar-refractivity contribution in [1.82, 2.24) is 5.32 Å². The van der Waals surface area contributed by atoms with Crippen LogP contribution < -0.4 is 5.32 Å². The monoisotopic (exact) mass is 275 g/mol. The number of hydrogen-bond donors (Lipinski definition) is 1. The van der Waals surface area contributed by atoms with E-state index in [0.717, 1.165) is 22.3 Å². The lowest BCUT2D eigenvalue weighted by molar-refractivity contribution is 0.268. The predicted octanol–water partition coefficient (Wildman–Crippen LogP) is 4.03. The third-order valence-corrected chi connectivity index (χ3v) is 6.99. The molecule has 0 aromatic carbocycles. The lowest BCUT2D eigenvalue weighted by atomic mass is 9.85. The predicted molar refractivity (Wildman–Crippen MR) is 84.3 cm³/mol. The smallest absolute Gasteiger partial charge is 0.0299 e. The second-order valence-electron chi connectivity index (χ2n) is 6.22. The molecule has 0 amide bonds. The highest BCUT2D eigenvalue weighted by atomic mass is 32.2. The minimum atomic E-state index is 0.355. The van der Waals surface area contributed by atoms with Crippen molar-refractivity contribution in [3.05, 3.63) is 0 Å². The first-order valence-corrected chi connectivity index (χ1v) is 8.85. The summed E-state index contributed by atoms with van der Waals surface area (Å²) in [6.07, 6.45) is 1.23. The lowest BCUT2D eigenvalue weighted by Gasteiger charge is -2.42. The maximum absolute atomic E-state index is 3.78. The van der Waals surface area contributed by atoms with Gasteiger partial charge in [-0.3, -0.25) is 0 Å². The van der Waals surface area contributed by atoms with E-state index in [1.165, 1.54) is 12.2 Å². The van der Waals surface area contributed by atoms with Crippen molar-refractivity contribution in [3.63, 3.8) is 0 Å². The summed E-state index contributed by atoms with van der Waals surface area (Å²) in [5.74, 6) is 1.30. The zero-order valence-corrected chi connectivity index (χ0v) is 13.9. The van der Waals surface area contributed by atoms with Crippen molar-refractivity contribution in [3.8, 4) is 0 Å². The molecular formula is C14H29NS2. The molecule has 1 heterocycles. The van der Waals surface area contributed by atoms with Crippen molar-refractivity contribution in [2.24, 2.45) is 5.41 Å². The lowest BCUT2D eigenvalue weighted by Crippen LogP contribution is -2.51. The van der Waals surface area contributed by atoms with E-state index in [4.69, 9.17) is 0 Å². The topological polar surface area (TPSA) is 12.0 Å². The average Bonchev–Trinajstić information content (AvgIpc) is 2.22. The highest BCUT2D eigenvalue weighted by Crippen LogP contribution is 2.40. The summed E-state index contributed by atoms with van der Waals surface area (Å²) in [6.45, 7) is 15.3. The summed E-state index contributed by atoms with van der Waals surface area (Å²) >= 11 is 4.35. The molecule has 1 aliphatic rings. The molecule has 1 fully saturated rings. The van der Waals surface area contributed by atoms with Gasteiger partial charge in [-0.2, -0.15) is 23.5 Å². The van der Waals surface area contributed by atoms with Crippen LogP contribution in [0.25, 0.3) is 0 Å². The molecule has 0 spiro atoms. The van der Waals surface area contributed by atoms with Gasteiger partial charge < -0.3 is 5.32 Å². The molecule has 0 aromatic rings. The van der Waals surface area contributed by atoms with E-state index in [1.54, 1.807) is 0 Å². The Hall–Kier alpha value is 0.660. The summed E-state index contributed by atoms with van der Waals surface area (Å²) in [6, 6.07) is 0.634. The number of hydrogen-bond acceptors (Lipinski definition) is 3. The largest absolute Gasteiger partial charge is 0.312 e. The van der Waals surface area contributed by atoms with Crippen LogP contribution in [0, 0.1) is 5.41 Å². The minimum absolute atomic E-state index is 0.355. The molecule has 0 saturated carbocycles. The first-order valence-electron chi connectivity index (χ1n) is 6.86. The van der Waals surface area contributed by atoms with Crippen LogP contribution >= 0.6 is 23.5 Å². The SMILES string of the molecule is CCCNC(C1CSC(C)C(C)S1)C(C)(C)C. The molecule has 1 saturated heterocycles. The number of nitrogens with one attached hydrogen (secondary N) is 1. The molecule has 3 heteroatoms. The van der Waals surface area contributed by atoms with E-state index in [-0.39, 0.29) is 0 Å². The van der Waals surface area contributed by atoms with Gasteiger partial charge in [0.2, 0.25) is 0 Å². The van der Waals surface area contributed by atoms with Crippen molar-refractivity contribution in [2.45, 2.75) is 69.8 Å². The molecule has 1 rings (SSSR count). The van der Waals surface area contributed by atoms with Crippen LogP contribution in [-0.4, -0.2) is 34.1 Å². The molecule has 4 atom stereocenters. The maximum Gasteiger partial charge on any atom is 0.0299 e. The fraction of sp³-hybridized carbons (Fsp3) is 1.00. The van der Waals surface area contributed by atoms with Crippen LogP contribution in [0.4, 0.5) is 0 Å². The second-order valence-corrected chi connectivity index (χ2v) is 9.25. The summed E-state index contributed by atoms with van der Waals surface area (Å²) in [5.41, 5.74) is 0.355. The maximum atomic E-state index is 3.78. The van der Waals surface area contributed by atoms with Crippen LogP contribution in [0.1, 0.15) is 48.0 Å². The third-order valence-electron chi connectivity index (χ3n) is 3.49. The molecule has 1 nitrogen and oxygen atoms in total. The Bertz CT molecular complexity index is 225. The Morgan fingerprint density at radius 1 is 1.24 bits per heavy atom. The fourth-order valence-electron chi connectivity index (χ4n) is 2.28. The molecule has 17 heavy (non-hydrogen) atoms. The molecule has 0 aromatic heterocycles. The highest BCUT2D eigenvalue weighted by Gasteiger charge is 2.36. The summed E-state index contributed by atoms with van der Waals surface area (Å²) < 4.78 is 0. The van der Waals surface area contributed by atoms with Crippen LogP contribution in [0.2, 0.25) is 0 Å². The van der Waals surface area contributed by atoms with Crippen molar-refractivity contribution in [2.75, 3.05) is 12.3 Å². The average molecular weight is 276 g/mol. The number of rotatable bonds is 4. The first-order chi connectivity index (χ1) is 7.86. The third kappa shape index (κ3) is 4.68. The van der Waals surface area contributed by atoms with E-state index in [9.17, 15) is 0 Å². The normalized spacial score (nSPS) is 32.5. The first kappa shape index (κ1) is 15.7. The standard InChI is InChI=1S/C14H29NS2/c1-7-8-15-13(14(4,5)6)12-9-16-10(2)11(3)17-12/h10-13,15H,7-9H2,1-6H3. The van der Waals surface area contributed by atoms with E-state index in [2.05, 4.69) is 70.4 Å². The molecule has 102 valence electrons. The van der Waals surface area contributed by atoms with E-state index in [1.807, 2.05) is 0 Å². The summed E-state index contributed by atoms with van der Waals surface area (Å²) in [5, 5.41) is 6.13. The highest BCUT2D eigenvalue weighted by molar-refractivity contribution is 8.07. The molecule has 0 aliphatic carbocycles. The minimum Gasteiger partial charge on any atom is -0.312 e. The Kier molecular flexibility index (Phi) is 6.21. The van der Waals surface area contributed by atoms with Gasteiger partial charge in [0.15, 0.2) is 0 Å². The zero-order valence-electron chi connectivity index (χ0n) is 12.2. The van der Waals surface area contributed by atoms with Crippen molar-refractivity contribution >= 4 is 23.5 Å². The van der Waals surface area contributed by atoms with Crippen LogP contribution in [-0.2, 0) is 0 Å². The molecule has 0 radical (unpaired) electrons. The Labute approximate surface area is 116 Å². The molecule has 1 N–H and O–H groups in total. The molecular weight excluding hydrogens is 246 g/mol. The van der Waals surface area contributed by atoms with Crippen LogP contribution in [0.5, 0.6) is 0 Å². The van der Waals surface area contributed by atoms with Gasteiger partial charge in [-0.05, 0) is 18.4 Å². The van der Waals surface area contributed by atoms with Gasteiger partial charge in [-0.25, -0.2) is 0 Å². The Morgan fingerprint density at radius 3 is 2.35 bits per heavy atom. The van der Waals surface area contributed by atoms with Gasteiger partial charge in [0, 0.05) is 27.5 Å². The van der Waals surface area contributed by atoms with Gasteiger partial charge in [-0.15, -0.1) is 0 Å². The molecule has 0 bridgehead atoms. The van der Waals surface area contributed by atoms with Gasteiger partial charge >= 0.3 is 0 Å². The Morgan fingerprint density at radius 2 is 1.88 bits per heavy atom. The summed E-state index contributed by atoms with van der Waals surface area (Å²) in [4.78, 5) is 0. The van der Waals surface area contributed by atoms with Gasteiger partial charge in [0.1, 0.15) is 0 Å². The van der Waals surface area contributed by atoms with E-state index >= 15 is 0 Å². The van der Waals surface area contributed by atoms with Crippen molar-refractivity contribution in [1.29, 1.82) is 0 Å². The van der Waals surface area contributed by atoms with Crippen molar-refractivity contribution < 1.29 is 0 Å². The molecule has 4 unspecified atom stereocenters. The van der Waals surface area contributed by atoms with Crippen LogP contribution in [0.15, 0.2) is 0 Å². The quantitative estimate of drug-likeness (QED) is 0.832. The van der Waals surface area contributed by atoms with Gasteiger partial charge in [0.05, 0.1) is 0 Å². The van der Waals surface area contributed by atoms with Gasteiger partial charge in [-0.1, -0.05) is 41.5 Å². The summed E-state index contributed by atoms with van der Waals surface area (Å²) in [7, 11) is 0. The van der Waals surface area contributed by atoms with E-state index < -0.39 is 0 Å². The van der Waals surface area contributed by atoms with E-state index in [0.29, 0.717) is 11.5 Å². The number of thioether (sulfide) groups is 2. The Balaban J connectivity index is 2.63. The fourth-order valence-corrected chi connectivity index (χ4v) is 5.65.